The molecule has 2 aliphatic rings. The number of benzene rings is 1. The zero-order valence-electron chi connectivity index (χ0n) is 13.4. The maximum Gasteiger partial charge on any atom is 0.126 e. The lowest BCUT2D eigenvalue weighted by Crippen LogP contribution is -2.52. The van der Waals surface area contributed by atoms with Crippen LogP contribution in [0.4, 0.5) is 4.39 Å². The molecule has 0 saturated heterocycles. The smallest absolute Gasteiger partial charge is 0.126 e. The molecule has 1 spiro atoms. The van der Waals surface area contributed by atoms with Gasteiger partial charge in [0.15, 0.2) is 0 Å². The fraction of sp³-hybridized carbons (Fsp3) is 0.667. The lowest BCUT2D eigenvalue weighted by molar-refractivity contribution is -0.104. The van der Waals surface area contributed by atoms with Crippen molar-refractivity contribution in [3.05, 3.63) is 29.6 Å². The first-order valence-corrected chi connectivity index (χ1v) is 7.77. The second-order valence-electron chi connectivity index (χ2n) is 8.55. The number of ether oxygens (including phenoxy) is 1. The summed E-state index contributed by atoms with van der Waals surface area (Å²) >= 11 is 0. The van der Waals surface area contributed by atoms with E-state index in [0.29, 0.717) is 17.7 Å². The van der Waals surface area contributed by atoms with E-state index in [-0.39, 0.29) is 22.2 Å². The Morgan fingerprint density at radius 1 is 1.10 bits per heavy atom. The van der Waals surface area contributed by atoms with Crippen molar-refractivity contribution >= 4 is 0 Å². The number of aliphatic hydroxyl groups excluding tert-OH is 1. The topological polar surface area (TPSA) is 29.5 Å². The van der Waals surface area contributed by atoms with Crippen molar-refractivity contribution in [1.29, 1.82) is 0 Å². The van der Waals surface area contributed by atoms with Crippen molar-refractivity contribution in [2.24, 2.45) is 10.8 Å². The molecule has 1 N–H and O–H groups in total. The molecule has 0 aromatic heterocycles. The van der Waals surface area contributed by atoms with Crippen LogP contribution in [0.1, 0.15) is 65.0 Å². The normalized spacial score (nSPS) is 28.8. The van der Waals surface area contributed by atoms with Gasteiger partial charge >= 0.3 is 0 Å². The minimum absolute atomic E-state index is 0.180. The van der Waals surface area contributed by atoms with Gasteiger partial charge in [-0.05, 0) is 48.3 Å². The lowest BCUT2D eigenvalue weighted by atomic mass is 9.58. The van der Waals surface area contributed by atoms with Gasteiger partial charge in [-0.2, -0.15) is 0 Å². The van der Waals surface area contributed by atoms with Crippen LogP contribution in [0.2, 0.25) is 0 Å². The van der Waals surface area contributed by atoms with Crippen LogP contribution in [0.25, 0.3) is 0 Å². The van der Waals surface area contributed by atoms with Gasteiger partial charge in [0.05, 0.1) is 6.10 Å². The molecule has 2 nitrogen and oxygen atoms in total. The highest BCUT2D eigenvalue weighted by atomic mass is 19.1. The third kappa shape index (κ3) is 2.80. The third-order valence-electron chi connectivity index (χ3n) is 4.78. The molecule has 1 fully saturated rings. The van der Waals surface area contributed by atoms with Gasteiger partial charge < -0.3 is 9.84 Å². The van der Waals surface area contributed by atoms with Crippen LogP contribution in [0.5, 0.6) is 5.75 Å². The van der Waals surface area contributed by atoms with E-state index in [0.717, 1.165) is 19.3 Å². The number of halogens is 1. The number of hydrogen-bond donors (Lipinski definition) is 1. The third-order valence-corrected chi connectivity index (χ3v) is 4.78. The monoisotopic (exact) mass is 292 g/mol. The highest BCUT2D eigenvalue weighted by Crippen LogP contribution is 2.56. The molecule has 1 aliphatic carbocycles. The van der Waals surface area contributed by atoms with E-state index < -0.39 is 6.10 Å². The molecule has 0 bridgehead atoms. The zero-order valence-corrected chi connectivity index (χ0v) is 13.4. The summed E-state index contributed by atoms with van der Waals surface area (Å²) in [6.45, 7) is 9.08. The summed E-state index contributed by atoms with van der Waals surface area (Å²) in [5.41, 5.74) is 0.606. The summed E-state index contributed by atoms with van der Waals surface area (Å²) < 4.78 is 19.7. The molecule has 1 aromatic rings. The van der Waals surface area contributed by atoms with Gasteiger partial charge in [-0.3, -0.25) is 0 Å². The van der Waals surface area contributed by atoms with Gasteiger partial charge in [-0.1, -0.05) is 27.7 Å². The van der Waals surface area contributed by atoms with Crippen molar-refractivity contribution in [1.82, 2.24) is 0 Å². The minimum atomic E-state index is -0.644. The van der Waals surface area contributed by atoms with E-state index in [1.165, 1.54) is 12.1 Å². The Hall–Kier alpha value is -1.09. The van der Waals surface area contributed by atoms with E-state index in [1.54, 1.807) is 6.07 Å². The SMILES string of the molecule is CC1(C)CC(C)(C)CC2(C[C@H](O)c3cc(F)ccc3O2)C1. The Balaban J connectivity index is 1.99. The molecule has 3 heteroatoms. The summed E-state index contributed by atoms with van der Waals surface area (Å²) in [5, 5.41) is 10.5. The van der Waals surface area contributed by atoms with E-state index in [1.807, 2.05) is 0 Å². The molecule has 3 rings (SSSR count). The van der Waals surface area contributed by atoms with Gasteiger partial charge in [0.25, 0.3) is 0 Å². The van der Waals surface area contributed by atoms with Gasteiger partial charge in [0.2, 0.25) is 0 Å². The predicted molar refractivity (Wildman–Crippen MR) is 80.7 cm³/mol. The Morgan fingerprint density at radius 3 is 2.33 bits per heavy atom. The van der Waals surface area contributed by atoms with E-state index in [2.05, 4.69) is 27.7 Å². The molecule has 1 atom stereocenters. The molecule has 21 heavy (non-hydrogen) atoms. The summed E-state index contributed by atoms with van der Waals surface area (Å²) in [5.74, 6) is 0.320. The lowest BCUT2D eigenvalue weighted by Gasteiger charge is -2.54. The Kier molecular flexibility index (Phi) is 3.14. The standard InChI is InChI=1S/C18H25FO2/c1-16(2)9-17(3,4)11-18(10-16)8-14(20)13-7-12(19)5-6-15(13)21-18/h5-7,14,20H,8-11H2,1-4H3/t14-/m0/s1. The van der Waals surface area contributed by atoms with Gasteiger partial charge in [-0.15, -0.1) is 0 Å². The minimum Gasteiger partial charge on any atom is -0.487 e. The van der Waals surface area contributed by atoms with E-state index in [4.69, 9.17) is 4.74 Å². The number of hydrogen-bond acceptors (Lipinski definition) is 2. The summed E-state index contributed by atoms with van der Waals surface area (Å²) in [6, 6.07) is 4.46. The van der Waals surface area contributed by atoms with Crippen LogP contribution in [0.3, 0.4) is 0 Å². The maximum absolute atomic E-state index is 13.4. The summed E-state index contributed by atoms with van der Waals surface area (Å²) in [7, 11) is 0. The average Bonchev–Trinajstić information content (AvgIpc) is 2.25. The number of aliphatic hydroxyl groups is 1. The van der Waals surface area contributed by atoms with Crippen molar-refractivity contribution in [2.45, 2.75) is 65.1 Å². The highest BCUT2D eigenvalue weighted by Gasteiger charge is 2.51. The summed E-state index contributed by atoms with van der Waals surface area (Å²) in [4.78, 5) is 0. The second-order valence-corrected chi connectivity index (χ2v) is 8.55. The molecule has 116 valence electrons. The first-order chi connectivity index (χ1) is 9.60. The molecule has 0 amide bonds. The number of rotatable bonds is 0. The average molecular weight is 292 g/mol. The van der Waals surface area contributed by atoms with Crippen LogP contribution in [0.15, 0.2) is 18.2 Å². The Bertz CT molecular complexity index is 546. The summed E-state index contributed by atoms with van der Waals surface area (Å²) in [6.07, 6.45) is 2.91. The van der Waals surface area contributed by atoms with Crippen molar-refractivity contribution in [2.75, 3.05) is 0 Å². The zero-order chi connectivity index (χ0) is 15.5. The van der Waals surface area contributed by atoms with Crippen molar-refractivity contribution < 1.29 is 14.2 Å². The van der Waals surface area contributed by atoms with Crippen LogP contribution >= 0.6 is 0 Å². The first-order valence-electron chi connectivity index (χ1n) is 7.77. The fourth-order valence-corrected chi connectivity index (χ4v) is 5.05. The second kappa shape index (κ2) is 4.45. The number of fused-ring (bicyclic) bond motifs is 1. The molecular formula is C18H25FO2. The van der Waals surface area contributed by atoms with Crippen LogP contribution in [-0.4, -0.2) is 10.7 Å². The highest BCUT2D eigenvalue weighted by molar-refractivity contribution is 5.39. The largest absolute Gasteiger partial charge is 0.487 e. The molecule has 1 saturated carbocycles. The van der Waals surface area contributed by atoms with Crippen LogP contribution < -0.4 is 4.74 Å². The quantitative estimate of drug-likeness (QED) is 0.756. The predicted octanol–water partition coefficient (Wildman–Crippen LogP) is 4.62. The van der Waals surface area contributed by atoms with Crippen LogP contribution in [0, 0.1) is 16.6 Å². The molecule has 1 aliphatic heterocycles. The molecule has 0 unspecified atom stereocenters. The van der Waals surface area contributed by atoms with Crippen molar-refractivity contribution in [3.63, 3.8) is 0 Å². The Labute approximate surface area is 126 Å². The van der Waals surface area contributed by atoms with Gasteiger partial charge in [0, 0.05) is 12.0 Å². The molecule has 1 heterocycles. The molecule has 0 radical (unpaired) electrons. The Morgan fingerprint density at radius 2 is 1.71 bits per heavy atom. The maximum atomic E-state index is 13.4. The van der Waals surface area contributed by atoms with Crippen LogP contribution in [-0.2, 0) is 0 Å². The van der Waals surface area contributed by atoms with Gasteiger partial charge in [0.1, 0.15) is 17.2 Å². The van der Waals surface area contributed by atoms with Gasteiger partial charge in [-0.25, -0.2) is 4.39 Å². The van der Waals surface area contributed by atoms with Crippen molar-refractivity contribution in [3.8, 4) is 5.75 Å². The molecular weight excluding hydrogens is 267 g/mol. The van der Waals surface area contributed by atoms with E-state index >= 15 is 0 Å². The molecule has 1 aromatic carbocycles. The first kappa shape index (κ1) is 14.8. The van der Waals surface area contributed by atoms with E-state index in [9.17, 15) is 9.50 Å². The fourth-order valence-electron chi connectivity index (χ4n) is 5.05.